The molecule has 0 aliphatic carbocycles. The summed E-state index contributed by atoms with van der Waals surface area (Å²) in [6, 6.07) is 3.75. The minimum absolute atomic E-state index is 0.828. The summed E-state index contributed by atoms with van der Waals surface area (Å²) in [5.41, 5.74) is 0. The van der Waals surface area contributed by atoms with Crippen molar-refractivity contribution in [2.75, 3.05) is 11.9 Å². The first kappa shape index (κ1) is 10.8. The van der Waals surface area contributed by atoms with Crippen molar-refractivity contribution in [3.63, 3.8) is 0 Å². The topological polar surface area (TPSA) is 63.6 Å². The first-order chi connectivity index (χ1) is 7.88. The Morgan fingerprint density at radius 1 is 1.19 bits per heavy atom. The number of hydrogen-bond acceptors (Lipinski definition) is 6. The van der Waals surface area contributed by atoms with Crippen molar-refractivity contribution in [3.05, 3.63) is 31.0 Å². The minimum atomic E-state index is 0.828. The summed E-state index contributed by atoms with van der Waals surface area (Å²) in [4.78, 5) is 16.3. The Labute approximate surface area is 97.8 Å². The maximum atomic E-state index is 4.17. The van der Waals surface area contributed by atoms with Crippen LogP contribution in [0.4, 0.5) is 5.82 Å². The van der Waals surface area contributed by atoms with E-state index in [0.29, 0.717) is 0 Å². The highest BCUT2D eigenvalue weighted by Crippen LogP contribution is 2.24. The summed E-state index contributed by atoms with van der Waals surface area (Å²) in [7, 11) is 0. The lowest BCUT2D eigenvalue weighted by atomic mass is 10.5. The van der Waals surface area contributed by atoms with E-state index in [-0.39, 0.29) is 0 Å². The molecule has 0 bridgehead atoms. The van der Waals surface area contributed by atoms with E-state index in [2.05, 4.69) is 25.3 Å². The molecule has 2 rings (SSSR count). The quantitative estimate of drug-likeness (QED) is 0.813. The molecular formula is C10H11N5S. The molecule has 0 saturated carbocycles. The van der Waals surface area contributed by atoms with E-state index in [1.807, 2.05) is 19.1 Å². The van der Waals surface area contributed by atoms with Gasteiger partial charge >= 0.3 is 0 Å². The van der Waals surface area contributed by atoms with Gasteiger partial charge in [-0.25, -0.2) is 19.9 Å². The average Bonchev–Trinajstić information content (AvgIpc) is 2.31. The Morgan fingerprint density at radius 2 is 2.06 bits per heavy atom. The Hall–Kier alpha value is -1.69. The normalized spacial score (nSPS) is 10.1. The highest BCUT2D eigenvalue weighted by atomic mass is 32.2. The largest absolute Gasteiger partial charge is 0.370 e. The fraction of sp³-hybridized carbons (Fsp3) is 0.200. The van der Waals surface area contributed by atoms with Crippen LogP contribution in [0.1, 0.15) is 6.92 Å². The Kier molecular flexibility index (Phi) is 3.66. The maximum absolute atomic E-state index is 4.17. The van der Waals surface area contributed by atoms with Gasteiger partial charge in [-0.1, -0.05) is 0 Å². The van der Waals surface area contributed by atoms with Crippen LogP contribution in [0.3, 0.4) is 0 Å². The molecule has 0 aromatic carbocycles. The molecule has 5 nitrogen and oxygen atoms in total. The van der Waals surface area contributed by atoms with Crippen LogP contribution in [0.15, 0.2) is 41.0 Å². The van der Waals surface area contributed by atoms with Crippen molar-refractivity contribution in [1.82, 2.24) is 19.9 Å². The number of rotatable bonds is 4. The number of nitrogens with zero attached hydrogens (tertiary/aromatic N) is 4. The average molecular weight is 233 g/mol. The summed E-state index contributed by atoms with van der Waals surface area (Å²) in [5.74, 6) is 0.828. The van der Waals surface area contributed by atoms with Gasteiger partial charge in [0.05, 0.1) is 0 Å². The molecule has 0 aliphatic heterocycles. The van der Waals surface area contributed by atoms with Crippen molar-refractivity contribution in [3.8, 4) is 0 Å². The van der Waals surface area contributed by atoms with Crippen molar-refractivity contribution in [2.24, 2.45) is 0 Å². The molecule has 82 valence electrons. The third kappa shape index (κ3) is 2.90. The number of aromatic nitrogens is 4. The first-order valence-corrected chi connectivity index (χ1v) is 5.70. The lowest BCUT2D eigenvalue weighted by Crippen LogP contribution is -1.99. The van der Waals surface area contributed by atoms with E-state index in [0.717, 1.165) is 22.4 Å². The van der Waals surface area contributed by atoms with Crippen LogP contribution < -0.4 is 5.32 Å². The molecule has 6 heteroatoms. The summed E-state index contributed by atoms with van der Waals surface area (Å²) >= 11 is 1.49. The molecule has 2 aromatic rings. The van der Waals surface area contributed by atoms with E-state index in [4.69, 9.17) is 0 Å². The molecule has 0 unspecified atom stereocenters. The van der Waals surface area contributed by atoms with Crippen LogP contribution in [-0.2, 0) is 0 Å². The molecule has 2 aromatic heterocycles. The second kappa shape index (κ2) is 5.41. The van der Waals surface area contributed by atoms with Gasteiger partial charge in [-0.05, 0) is 24.8 Å². The standard InChI is InChI=1S/C10H11N5S/c1-2-12-8-5-10(15-7-13-8)16-9-3-4-11-6-14-9/h3-7H,2H2,1H3,(H,12,13,15). The molecule has 0 radical (unpaired) electrons. The summed E-state index contributed by atoms with van der Waals surface area (Å²) in [5, 5.41) is 4.87. The van der Waals surface area contributed by atoms with Gasteiger partial charge in [-0.3, -0.25) is 0 Å². The summed E-state index contributed by atoms with van der Waals surface area (Å²) in [6.45, 7) is 2.87. The van der Waals surface area contributed by atoms with Crippen LogP contribution in [0, 0.1) is 0 Å². The SMILES string of the molecule is CCNc1cc(Sc2ccncn2)ncn1. The maximum Gasteiger partial charge on any atom is 0.130 e. The molecule has 2 heterocycles. The van der Waals surface area contributed by atoms with Crippen molar-refractivity contribution < 1.29 is 0 Å². The molecule has 0 fully saturated rings. The summed E-state index contributed by atoms with van der Waals surface area (Å²) in [6.07, 6.45) is 4.78. The minimum Gasteiger partial charge on any atom is -0.370 e. The van der Waals surface area contributed by atoms with Crippen LogP contribution in [0.5, 0.6) is 0 Å². The molecule has 0 amide bonds. The number of anilines is 1. The van der Waals surface area contributed by atoms with E-state index < -0.39 is 0 Å². The van der Waals surface area contributed by atoms with E-state index in [1.54, 1.807) is 12.5 Å². The van der Waals surface area contributed by atoms with Gasteiger partial charge in [0.1, 0.15) is 28.5 Å². The van der Waals surface area contributed by atoms with Gasteiger partial charge in [0.25, 0.3) is 0 Å². The number of nitrogens with one attached hydrogen (secondary N) is 1. The Bertz CT molecular complexity index is 448. The zero-order valence-corrected chi connectivity index (χ0v) is 9.61. The van der Waals surface area contributed by atoms with Crippen LogP contribution in [0.25, 0.3) is 0 Å². The molecular weight excluding hydrogens is 222 g/mol. The molecule has 0 saturated heterocycles. The van der Waals surface area contributed by atoms with Crippen molar-refractivity contribution in [2.45, 2.75) is 17.0 Å². The Morgan fingerprint density at radius 3 is 2.81 bits per heavy atom. The molecule has 0 aliphatic rings. The van der Waals surface area contributed by atoms with E-state index >= 15 is 0 Å². The molecule has 0 spiro atoms. The van der Waals surface area contributed by atoms with Crippen LogP contribution >= 0.6 is 11.8 Å². The fourth-order valence-electron chi connectivity index (χ4n) is 1.12. The third-order valence-corrected chi connectivity index (χ3v) is 2.65. The molecule has 1 N–H and O–H groups in total. The van der Waals surface area contributed by atoms with Crippen LogP contribution in [-0.4, -0.2) is 26.5 Å². The van der Waals surface area contributed by atoms with Gasteiger partial charge < -0.3 is 5.32 Å². The predicted molar refractivity (Wildman–Crippen MR) is 62.4 cm³/mol. The number of hydrogen-bond donors (Lipinski definition) is 1. The smallest absolute Gasteiger partial charge is 0.130 e. The van der Waals surface area contributed by atoms with Gasteiger partial charge in [0, 0.05) is 18.8 Å². The second-order valence-corrected chi connectivity index (χ2v) is 3.96. The van der Waals surface area contributed by atoms with Gasteiger partial charge in [0.15, 0.2) is 0 Å². The van der Waals surface area contributed by atoms with Crippen molar-refractivity contribution in [1.29, 1.82) is 0 Å². The van der Waals surface area contributed by atoms with E-state index in [1.165, 1.54) is 18.1 Å². The fourth-order valence-corrected chi connectivity index (χ4v) is 1.83. The van der Waals surface area contributed by atoms with Crippen LogP contribution in [0.2, 0.25) is 0 Å². The zero-order chi connectivity index (χ0) is 11.2. The predicted octanol–water partition coefficient (Wildman–Crippen LogP) is 1.85. The lowest BCUT2D eigenvalue weighted by Gasteiger charge is -2.03. The third-order valence-electron chi connectivity index (χ3n) is 1.76. The van der Waals surface area contributed by atoms with Gasteiger partial charge in [-0.2, -0.15) is 0 Å². The molecule has 0 atom stereocenters. The Balaban J connectivity index is 2.12. The van der Waals surface area contributed by atoms with Gasteiger partial charge in [0.2, 0.25) is 0 Å². The summed E-state index contributed by atoms with van der Waals surface area (Å²) < 4.78 is 0. The highest BCUT2D eigenvalue weighted by Gasteiger charge is 2.01. The lowest BCUT2D eigenvalue weighted by molar-refractivity contribution is 1.01. The monoisotopic (exact) mass is 233 g/mol. The van der Waals surface area contributed by atoms with Crippen molar-refractivity contribution >= 4 is 17.6 Å². The first-order valence-electron chi connectivity index (χ1n) is 4.88. The van der Waals surface area contributed by atoms with Gasteiger partial charge in [-0.15, -0.1) is 0 Å². The second-order valence-electron chi connectivity index (χ2n) is 2.92. The highest BCUT2D eigenvalue weighted by molar-refractivity contribution is 7.99. The zero-order valence-electron chi connectivity index (χ0n) is 8.79. The molecule has 16 heavy (non-hydrogen) atoms. The van der Waals surface area contributed by atoms with E-state index in [9.17, 15) is 0 Å².